The fourth-order valence-electron chi connectivity index (χ4n) is 1.79. The van der Waals surface area contributed by atoms with Gasteiger partial charge >= 0.3 is 6.18 Å². The van der Waals surface area contributed by atoms with E-state index in [0.717, 1.165) is 12.8 Å². The summed E-state index contributed by atoms with van der Waals surface area (Å²) in [5.41, 5.74) is -0.270. The molecule has 0 spiro atoms. The molecule has 1 N–H and O–H groups in total. The average molecular weight is 271 g/mol. The molecule has 0 radical (unpaired) electrons. The zero-order chi connectivity index (χ0) is 14.1. The van der Waals surface area contributed by atoms with E-state index in [1.807, 2.05) is 13.8 Å². The Morgan fingerprint density at radius 1 is 1.17 bits per heavy atom. The van der Waals surface area contributed by atoms with Gasteiger partial charge in [-0.15, -0.1) is 0 Å². The maximum Gasteiger partial charge on any atom is 0.411 e. The van der Waals surface area contributed by atoms with Gasteiger partial charge < -0.3 is 14.8 Å². The molecular weight excluding hydrogens is 247 g/mol. The molecule has 0 rings (SSSR count). The maximum atomic E-state index is 12.0. The molecule has 0 amide bonds. The summed E-state index contributed by atoms with van der Waals surface area (Å²) in [7, 11) is 1.61. The fourth-order valence-corrected chi connectivity index (χ4v) is 1.79. The molecule has 0 aromatic carbocycles. The van der Waals surface area contributed by atoms with Crippen molar-refractivity contribution in [2.45, 2.75) is 32.9 Å². The number of nitrogens with one attached hydrogen (secondary N) is 1. The van der Waals surface area contributed by atoms with Crippen molar-refractivity contribution in [2.24, 2.45) is 5.41 Å². The zero-order valence-corrected chi connectivity index (χ0v) is 11.4. The van der Waals surface area contributed by atoms with Gasteiger partial charge in [-0.05, 0) is 6.42 Å². The monoisotopic (exact) mass is 271 g/mol. The summed E-state index contributed by atoms with van der Waals surface area (Å²) >= 11 is 0. The number of methoxy groups -OCH3 is 1. The highest BCUT2D eigenvalue weighted by molar-refractivity contribution is 4.76. The molecule has 0 aromatic rings. The van der Waals surface area contributed by atoms with Crippen LogP contribution in [0, 0.1) is 5.41 Å². The van der Waals surface area contributed by atoms with Crippen molar-refractivity contribution < 1.29 is 22.6 Å². The minimum atomic E-state index is -4.25. The average Bonchev–Trinajstić information content (AvgIpc) is 2.23. The number of hydrogen-bond acceptors (Lipinski definition) is 3. The minimum absolute atomic E-state index is 0.111. The number of halogens is 3. The minimum Gasteiger partial charge on any atom is -0.383 e. The molecule has 0 saturated carbocycles. The third-order valence-electron chi connectivity index (χ3n) is 2.60. The number of ether oxygens (including phenoxy) is 2. The third-order valence-corrected chi connectivity index (χ3v) is 2.60. The summed E-state index contributed by atoms with van der Waals surface area (Å²) < 4.78 is 45.7. The molecule has 6 heteroatoms. The van der Waals surface area contributed by atoms with Crippen molar-refractivity contribution in [3.63, 3.8) is 0 Å². The van der Waals surface area contributed by atoms with Gasteiger partial charge in [0.05, 0.1) is 13.2 Å². The van der Waals surface area contributed by atoms with E-state index in [4.69, 9.17) is 9.47 Å². The van der Waals surface area contributed by atoms with Crippen LogP contribution in [0.25, 0.3) is 0 Å². The maximum absolute atomic E-state index is 12.0. The van der Waals surface area contributed by atoms with Crippen LogP contribution < -0.4 is 5.32 Å². The standard InChI is InChI=1S/C12H24F3NO2/c1-4-5-11(2,8-16-6-7-17-3)9-18-10-12(13,14)15/h16H,4-10H2,1-3H3. The van der Waals surface area contributed by atoms with Gasteiger partial charge in [0, 0.05) is 25.6 Å². The lowest BCUT2D eigenvalue weighted by molar-refractivity contribution is -0.180. The van der Waals surface area contributed by atoms with Crippen molar-refractivity contribution in [3.05, 3.63) is 0 Å². The van der Waals surface area contributed by atoms with Crippen LogP contribution in [0.5, 0.6) is 0 Å². The third kappa shape index (κ3) is 9.67. The van der Waals surface area contributed by atoms with Gasteiger partial charge in [-0.25, -0.2) is 0 Å². The van der Waals surface area contributed by atoms with E-state index in [-0.39, 0.29) is 12.0 Å². The lowest BCUT2D eigenvalue weighted by Crippen LogP contribution is -2.38. The molecule has 0 bridgehead atoms. The van der Waals surface area contributed by atoms with Crippen LogP contribution in [0.15, 0.2) is 0 Å². The Labute approximate surface area is 107 Å². The second-order valence-corrected chi connectivity index (χ2v) is 4.84. The molecule has 0 saturated heterocycles. The van der Waals surface area contributed by atoms with Crippen molar-refractivity contribution in [3.8, 4) is 0 Å². The highest BCUT2D eigenvalue weighted by Crippen LogP contribution is 2.24. The smallest absolute Gasteiger partial charge is 0.383 e. The van der Waals surface area contributed by atoms with E-state index in [0.29, 0.717) is 19.7 Å². The number of hydrogen-bond donors (Lipinski definition) is 1. The van der Waals surface area contributed by atoms with Gasteiger partial charge in [0.1, 0.15) is 6.61 Å². The highest BCUT2D eigenvalue weighted by atomic mass is 19.4. The Hall–Kier alpha value is -0.330. The number of alkyl halides is 3. The first kappa shape index (κ1) is 17.7. The Kier molecular flexibility index (Phi) is 8.56. The van der Waals surface area contributed by atoms with Gasteiger partial charge in [0.2, 0.25) is 0 Å². The summed E-state index contributed by atoms with van der Waals surface area (Å²) in [5, 5.41) is 3.17. The van der Waals surface area contributed by atoms with E-state index in [1.165, 1.54) is 0 Å². The zero-order valence-electron chi connectivity index (χ0n) is 11.4. The molecule has 1 unspecified atom stereocenters. The van der Waals surface area contributed by atoms with E-state index < -0.39 is 12.8 Å². The van der Waals surface area contributed by atoms with E-state index in [2.05, 4.69) is 5.32 Å². The molecular formula is C12H24F3NO2. The van der Waals surface area contributed by atoms with Gasteiger partial charge in [-0.2, -0.15) is 13.2 Å². The van der Waals surface area contributed by atoms with E-state index in [1.54, 1.807) is 7.11 Å². The molecule has 1 atom stereocenters. The van der Waals surface area contributed by atoms with Crippen LogP contribution in [0.1, 0.15) is 26.7 Å². The van der Waals surface area contributed by atoms with Gasteiger partial charge in [0.15, 0.2) is 0 Å². The first-order valence-corrected chi connectivity index (χ1v) is 6.17. The van der Waals surface area contributed by atoms with Crippen molar-refractivity contribution >= 4 is 0 Å². The Balaban J connectivity index is 4.00. The van der Waals surface area contributed by atoms with Gasteiger partial charge in [-0.1, -0.05) is 20.3 Å². The lowest BCUT2D eigenvalue weighted by atomic mass is 9.86. The predicted molar refractivity (Wildman–Crippen MR) is 64.6 cm³/mol. The van der Waals surface area contributed by atoms with Crippen LogP contribution in [-0.2, 0) is 9.47 Å². The molecule has 0 aliphatic rings. The topological polar surface area (TPSA) is 30.5 Å². The molecule has 0 aromatic heterocycles. The molecule has 3 nitrogen and oxygen atoms in total. The Bertz CT molecular complexity index is 212. The summed E-state index contributed by atoms with van der Waals surface area (Å²) in [6.45, 7) is 4.79. The van der Waals surface area contributed by atoms with Crippen LogP contribution in [0.3, 0.4) is 0 Å². The highest BCUT2D eigenvalue weighted by Gasteiger charge is 2.30. The van der Waals surface area contributed by atoms with E-state index in [9.17, 15) is 13.2 Å². The fraction of sp³-hybridized carbons (Fsp3) is 1.00. The first-order chi connectivity index (χ1) is 8.33. The quantitative estimate of drug-likeness (QED) is 0.620. The first-order valence-electron chi connectivity index (χ1n) is 6.17. The second-order valence-electron chi connectivity index (χ2n) is 4.84. The summed E-state index contributed by atoms with van der Waals surface area (Å²) in [6.07, 6.45) is -2.51. The van der Waals surface area contributed by atoms with Gasteiger partial charge in [-0.3, -0.25) is 0 Å². The number of rotatable bonds is 10. The van der Waals surface area contributed by atoms with Gasteiger partial charge in [0.25, 0.3) is 0 Å². The van der Waals surface area contributed by atoms with Crippen molar-refractivity contribution in [1.82, 2.24) is 5.32 Å². The largest absolute Gasteiger partial charge is 0.411 e. The summed E-state index contributed by atoms with van der Waals surface area (Å²) in [6, 6.07) is 0. The summed E-state index contributed by atoms with van der Waals surface area (Å²) in [4.78, 5) is 0. The van der Waals surface area contributed by atoms with Crippen LogP contribution >= 0.6 is 0 Å². The van der Waals surface area contributed by atoms with Crippen molar-refractivity contribution in [1.29, 1.82) is 0 Å². The molecule has 0 heterocycles. The second kappa shape index (κ2) is 8.72. The molecule has 0 aliphatic carbocycles. The SMILES string of the molecule is CCCC(C)(CNCCOC)COCC(F)(F)F. The normalized spacial score (nSPS) is 15.7. The molecule has 0 aliphatic heterocycles. The Morgan fingerprint density at radius 3 is 2.33 bits per heavy atom. The molecule has 18 heavy (non-hydrogen) atoms. The summed E-state index contributed by atoms with van der Waals surface area (Å²) in [5.74, 6) is 0. The lowest BCUT2D eigenvalue weighted by Gasteiger charge is -2.29. The van der Waals surface area contributed by atoms with Crippen LogP contribution in [0.2, 0.25) is 0 Å². The molecule has 0 fully saturated rings. The molecule has 110 valence electrons. The Morgan fingerprint density at radius 2 is 1.83 bits per heavy atom. The van der Waals surface area contributed by atoms with Crippen LogP contribution in [-0.4, -0.2) is 46.2 Å². The van der Waals surface area contributed by atoms with E-state index >= 15 is 0 Å². The van der Waals surface area contributed by atoms with Crippen LogP contribution in [0.4, 0.5) is 13.2 Å². The van der Waals surface area contributed by atoms with Crippen molar-refractivity contribution in [2.75, 3.05) is 40.0 Å². The predicted octanol–water partition coefficient (Wildman–Crippen LogP) is 2.61.